The Morgan fingerprint density at radius 2 is 2.05 bits per heavy atom. The molecule has 0 spiro atoms. The normalized spacial score (nSPS) is 11.2. The summed E-state index contributed by atoms with van der Waals surface area (Å²) in [6, 6.07) is 7.10. The maximum atomic E-state index is 13.0. The number of aromatic nitrogens is 1. The van der Waals surface area contributed by atoms with Crippen molar-refractivity contribution in [3.8, 4) is 6.07 Å². The lowest BCUT2D eigenvalue weighted by Crippen LogP contribution is -2.11. The highest BCUT2D eigenvalue weighted by Gasteiger charge is 2.33. The second-order valence-corrected chi connectivity index (χ2v) is 4.57. The highest BCUT2D eigenvalue weighted by Crippen LogP contribution is 2.35. The SMILES string of the molecule is CCn1ccc(CNc2ccc(C#N)cc2C(F)(F)F)c1. The number of alkyl halides is 3. The molecule has 1 heterocycles. The average Bonchev–Trinajstić information content (AvgIpc) is 2.92. The molecule has 6 heteroatoms. The van der Waals surface area contributed by atoms with Gasteiger partial charge in [0.05, 0.1) is 17.2 Å². The molecule has 0 amide bonds. The van der Waals surface area contributed by atoms with Crippen molar-refractivity contribution in [2.75, 3.05) is 5.32 Å². The van der Waals surface area contributed by atoms with Crippen LogP contribution in [0, 0.1) is 11.3 Å². The van der Waals surface area contributed by atoms with Crippen molar-refractivity contribution >= 4 is 5.69 Å². The summed E-state index contributed by atoms with van der Waals surface area (Å²) in [4.78, 5) is 0. The molecule has 1 aromatic carbocycles. The van der Waals surface area contributed by atoms with Crippen LogP contribution in [0.2, 0.25) is 0 Å². The Balaban J connectivity index is 2.21. The summed E-state index contributed by atoms with van der Waals surface area (Å²) >= 11 is 0. The van der Waals surface area contributed by atoms with Gasteiger partial charge in [0, 0.05) is 31.2 Å². The van der Waals surface area contributed by atoms with Crippen molar-refractivity contribution in [1.29, 1.82) is 5.26 Å². The minimum absolute atomic E-state index is 0.00925. The van der Waals surface area contributed by atoms with E-state index in [9.17, 15) is 13.2 Å². The van der Waals surface area contributed by atoms with E-state index < -0.39 is 11.7 Å². The molecule has 0 unspecified atom stereocenters. The molecule has 0 aliphatic carbocycles. The van der Waals surface area contributed by atoms with Crippen molar-refractivity contribution in [1.82, 2.24) is 4.57 Å². The number of benzene rings is 1. The van der Waals surface area contributed by atoms with Crippen LogP contribution in [-0.4, -0.2) is 4.57 Å². The fourth-order valence-corrected chi connectivity index (χ4v) is 1.99. The standard InChI is InChI=1S/C15H14F3N3/c1-2-21-6-5-12(10-21)9-20-14-4-3-11(8-19)7-13(14)15(16,17)18/h3-7,10,20H,2,9H2,1H3. The van der Waals surface area contributed by atoms with Crippen LogP contribution in [0.3, 0.4) is 0 Å². The van der Waals surface area contributed by atoms with Gasteiger partial charge in [-0.3, -0.25) is 0 Å². The van der Waals surface area contributed by atoms with E-state index in [1.165, 1.54) is 12.1 Å². The molecule has 110 valence electrons. The van der Waals surface area contributed by atoms with Crippen molar-refractivity contribution in [2.45, 2.75) is 26.2 Å². The van der Waals surface area contributed by atoms with E-state index in [4.69, 9.17) is 5.26 Å². The number of nitriles is 1. The summed E-state index contributed by atoms with van der Waals surface area (Å²) in [7, 11) is 0. The van der Waals surface area contributed by atoms with Gasteiger partial charge in [0.2, 0.25) is 0 Å². The van der Waals surface area contributed by atoms with Crippen molar-refractivity contribution in [3.05, 3.63) is 53.3 Å². The van der Waals surface area contributed by atoms with Crippen LogP contribution < -0.4 is 5.32 Å². The third kappa shape index (κ3) is 3.57. The van der Waals surface area contributed by atoms with Crippen molar-refractivity contribution < 1.29 is 13.2 Å². The molecule has 0 atom stereocenters. The second kappa shape index (κ2) is 5.92. The average molecular weight is 293 g/mol. The molecule has 0 aliphatic heterocycles. The summed E-state index contributed by atoms with van der Waals surface area (Å²) in [5.41, 5.74) is 0.0431. The molecular formula is C15H14F3N3. The first-order valence-electron chi connectivity index (χ1n) is 6.44. The maximum absolute atomic E-state index is 13.0. The van der Waals surface area contributed by atoms with Gasteiger partial charge in [-0.15, -0.1) is 0 Å². The van der Waals surface area contributed by atoms with Gasteiger partial charge in [-0.25, -0.2) is 0 Å². The highest BCUT2D eigenvalue weighted by atomic mass is 19.4. The van der Waals surface area contributed by atoms with E-state index in [-0.39, 0.29) is 11.3 Å². The predicted molar refractivity (Wildman–Crippen MR) is 73.6 cm³/mol. The Hall–Kier alpha value is -2.42. The number of anilines is 1. The Morgan fingerprint density at radius 1 is 1.29 bits per heavy atom. The van der Waals surface area contributed by atoms with E-state index >= 15 is 0 Å². The zero-order chi connectivity index (χ0) is 15.5. The van der Waals surface area contributed by atoms with Gasteiger partial charge < -0.3 is 9.88 Å². The van der Waals surface area contributed by atoms with Crippen LogP contribution in [0.15, 0.2) is 36.7 Å². The monoisotopic (exact) mass is 293 g/mol. The summed E-state index contributed by atoms with van der Waals surface area (Å²) in [5, 5.41) is 11.5. The molecule has 2 rings (SSSR count). The smallest absolute Gasteiger partial charge is 0.380 e. The minimum Gasteiger partial charge on any atom is -0.380 e. The van der Waals surface area contributed by atoms with Crippen LogP contribution in [0.1, 0.15) is 23.6 Å². The Labute approximate surface area is 120 Å². The third-order valence-corrected chi connectivity index (χ3v) is 3.11. The van der Waals surface area contributed by atoms with Gasteiger partial charge in [0.25, 0.3) is 0 Å². The van der Waals surface area contributed by atoms with Gasteiger partial charge in [-0.1, -0.05) is 0 Å². The fourth-order valence-electron chi connectivity index (χ4n) is 1.99. The largest absolute Gasteiger partial charge is 0.418 e. The van der Waals surface area contributed by atoms with Gasteiger partial charge >= 0.3 is 6.18 Å². The Kier molecular flexibility index (Phi) is 4.22. The van der Waals surface area contributed by atoms with Crippen LogP contribution in [0.25, 0.3) is 0 Å². The zero-order valence-corrected chi connectivity index (χ0v) is 11.4. The van der Waals surface area contributed by atoms with E-state index in [1.54, 1.807) is 6.07 Å². The van der Waals surface area contributed by atoms with Crippen LogP contribution in [-0.2, 0) is 19.3 Å². The molecule has 1 N–H and O–H groups in total. The highest BCUT2D eigenvalue weighted by molar-refractivity contribution is 5.56. The minimum atomic E-state index is -4.50. The lowest BCUT2D eigenvalue weighted by molar-refractivity contribution is -0.137. The molecule has 0 aliphatic rings. The van der Waals surface area contributed by atoms with Gasteiger partial charge in [0.1, 0.15) is 0 Å². The van der Waals surface area contributed by atoms with Gasteiger partial charge in [0.15, 0.2) is 0 Å². The molecule has 21 heavy (non-hydrogen) atoms. The third-order valence-electron chi connectivity index (χ3n) is 3.11. The quantitative estimate of drug-likeness (QED) is 0.925. The molecule has 0 saturated heterocycles. The van der Waals surface area contributed by atoms with Crippen molar-refractivity contribution in [2.24, 2.45) is 0 Å². The van der Waals surface area contributed by atoms with E-state index in [0.717, 1.165) is 18.2 Å². The number of hydrogen-bond donors (Lipinski definition) is 1. The first-order valence-corrected chi connectivity index (χ1v) is 6.44. The first kappa shape index (κ1) is 15.0. The number of nitrogens with one attached hydrogen (secondary N) is 1. The first-order chi connectivity index (χ1) is 9.94. The summed E-state index contributed by atoms with van der Waals surface area (Å²) in [6.45, 7) is 3.09. The molecular weight excluding hydrogens is 279 g/mol. The van der Waals surface area contributed by atoms with E-state index in [2.05, 4.69) is 5.32 Å². The van der Waals surface area contributed by atoms with Crippen LogP contribution >= 0.6 is 0 Å². The molecule has 0 saturated carbocycles. The molecule has 0 bridgehead atoms. The summed E-state index contributed by atoms with van der Waals surface area (Å²) < 4.78 is 40.9. The van der Waals surface area contributed by atoms with Gasteiger partial charge in [-0.2, -0.15) is 18.4 Å². The Bertz CT molecular complexity index is 666. The molecule has 3 nitrogen and oxygen atoms in total. The zero-order valence-electron chi connectivity index (χ0n) is 11.4. The fraction of sp³-hybridized carbons (Fsp3) is 0.267. The summed E-state index contributed by atoms with van der Waals surface area (Å²) in [6.07, 6.45) is -0.741. The topological polar surface area (TPSA) is 40.8 Å². The number of hydrogen-bond acceptors (Lipinski definition) is 2. The van der Waals surface area contributed by atoms with Gasteiger partial charge in [-0.05, 0) is 36.8 Å². The second-order valence-electron chi connectivity index (χ2n) is 4.57. The summed E-state index contributed by atoms with van der Waals surface area (Å²) in [5.74, 6) is 0. The van der Waals surface area contributed by atoms with E-state index in [1.807, 2.05) is 30.0 Å². The van der Waals surface area contributed by atoms with Crippen molar-refractivity contribution in [3.63, 3.8) is 0 Å². The van der Waals surface area contributed by atoms with Crippen LogP contribution in [0.4, 0.5) is 18.9 Å². The molecule has 1 aromatic heterocycles. The van der Waals surface area contributed by atoms with Crippen LogP contribution in [0.5, 0.6) is 0 Å². The van der Waals surface area contributed by atoms with E-state index in [0.29, 0.717) is 6.54 Å². The maximum Gasteiger partial charge on any atom is 0.418 e. The molecule has 0 fully saturated rings. The Morgan fingerprint density at radius 3 is 2.62 bits per heavy atom. The molecule has 2 aromatic rings. The lowest BCUT2D eigenvalue weighted by Gasteiger charge is -2.14. The predicted octanol–water partition coefficient (Wildman–Crippen LogP) is 4.01. The number of nitrogens with zero attached hydrogens (tertiary/aromatic N) is 2. The lowest BCUT2D eigenvalue weighted by atomic mass is 10.1. The number of halogens is 3. The number of rotatable bonds is 4. The molecule has 0 radical (unpaired) electrons. The number of aryl methyl sites for hydroxylation is 1.